The second-order valence-electron chi connectivity index (χ2n) is 6.52. The Kier molecular flexibility index (Phi) is 3.27. The number of fused-ring (bicyclic) bond motifs is 2. The smallest absolute Gasteiger partial charge is 0.230 e. The number of aryl methyl sites for hydroxylation is 1. The molecule has 0 radical (unpaired) electrons. The minimum Gasteiger partial charge on any atom is -0.424 e. The fourth-order valence-electron chi connectivity index (χ4n) is 4.07. The fraction of sp³-hybridized carbons (Fsp3) is 0.529. The lowest BCUT2D eigenvalue weighted by Gasteiger charge is -2.41. The molecule has 2 aromatic rings. The molecule has 1 aromatic carbocycles. The molecule has 1 spiro atoms. The maximum atomic E-state index is 10.6. The van der Waals surface area contributed by atoms with Crippen molar-refractivity contribution >= 4 is 0 Å². The van der Waals surface area contributed by atoms with E-state index in [9.17, 15) is 5.11 Å². The Morgan fingerprint density at radius 2 is 2.05 bits per heavy atom. The van der Waals surface area contributed by atoms with Crippen molar-refractivity contribution in [2.75, 3.05) is 13.1 Å². The number of piperidine rings is 1. The first-order valence-corrected chi connectivity index (χ1v) is 7.95. The summed E-state index contributed by atoms with van der Waals surface area (Å²) in [5.74, 6) is 1.30. The number of aromatic nitrogens is 2. The number of aliphatic hydroxyl groups is 1. The molecule has 1 aliphatic carbocycles. The third-order valence-corrected chi connectivity index (χ3v) is 5.28. The van der Waals surface area contributed by atoms with Gasteiger partial charge in [-0.3, -0.25) is 4.90 Å². The number of hydrogen-bond donors (Lipinski definition) is 1. The maximum absolute atomic E-state index is 10.6. The lowest BCUT2D eigenvalue weighted by Crippen LogP contribution is -2.47. The van der Waals surface area contributed by atoms with Crippen LogP contribution in [0.4, 0.5) is 0 Å². The lowest BCUT2D eigenvalue weighted by atomic mass is 9.72. The average Bonchev–Trinajstić information content (AvgIpc) is 3.04. The van der Waals surface area contributed by atoms with Crippen LogP contribution in [-0.2, 0) is 18.4 Å². The first-order valence-electron chi connectivity index (χ1n) is 7.95. The van der Waals surface area contributed by atoms with E-state index in [1.54, 1.807) is 0 Å². The molecule has 2 heterocycles. The third-order valence-electron chi connectivity index (χ3n) is 5.28. The largest absolute Gasteiger partial charge is 0.424 e. The van der Waals surface area contributed by atoms with E-state index in [1.165, 1.54) is 11.1 Å². The van der Waals surface area contributed by atoms with Crippen LogP contribution in [0.3, 0.4) is 0 Å². The summed E-state index contributed by atoms with van der Waals surface area (Å²) < 4.78 is 5.47. The van der Waals surface area contributed by atoms with Gasteiger partial charge in [0.15, 0.2) is 0 Å². The van der Waals surface area contributed by atoms with Gasteiger partial charge >= 0.3 is 0 Å². The highest BCUT2D eigenvalue weighted by Gasteiger charge is 2.47. The molecule has 1 unspecified atom stereocenters. The molecule has 0 saturated carbocycles. The Labute approximate surface area is 130 Å². The Morgan fingerprint density at radius 1 is 1.27 bits per heavy atom. The van der Waals surface area contributed by atoms with Crippen LogP contribution in [-0.4, -0.2) is 39.4 Å². The molecule has 1 aliphatic heterocycles. The Balaban J connectivity index is 1.49. The summed E-state index contributed by atoms with van der Waals surface area (Å²) >= 11 is 0. The average molecular weight is 299 g/mol. The first kappa shape index (κ1) is 13.9. The van der Waals surface area contributed by atoms with Crippen LogP contribution in [0.25, 0.3) is 0 Å². The zero-order valence-corrected chi connectivity index (χ0v) is 12.8. The summed E-state index contributed by atoms with van der Waals surface area (Å²) in [7, 11) is 0. The van der Waals surface area contributed by atoms with Gasteiger partial charge in [0.25, 0.3) is 0 Å². The molecule has 1 fully saturated rings. The van der Waals surface area contributed by atoms with Gasteiger partial charge in [-0.2, -0.15) is 0 Å². The van der Waals surface area contributed by atoms with Crippen LogP contribution in [0.2, 0.25) is 0 Å². The number of nitrogens with zero attached hydrogens (tertiary/aromatic N) is 3. The van der Waals surface area contributed by atoms with Crippen molar-refractivity contribution in [1.82, 2.24) is 15.1 Å². The van der Waals surface area contributed by atoms with Gasteiger partial charge in [-0.1, -0.05) is 24.3 Å². The highest BCUT2D eigenvalue weighted by molar-refractivity contribution is 5.42. The minimum atomic E-state index is -0.252. The van der Waals surface area contributed by atoms with Gasteiger partial charge < -0.3 is 9.52 Å². The molecule has 1 N–H and O–H groups in total. The zero-order valence-electron chi connectivity index (χ0n) is 12.8. The summed E-state index contributed by atoms with van der Waals surface area (Å²) in [4.78, 5) is 2.34. The molecular formula is C17H21N3O2. The van der Waals surface area contributed by atoms with Gasteiger partial charge in [0, 0.05) is 12.3 Å². The topological polar surface area (TPSA) is 62.4 Å². The van der Waals surface area contributed by atoms with Crippen LogP contribution in [0.5, 0.6) is 0 Å². The van der Waals surface area contributed by atoms with E-state index >= 15 is 0 Å². The third kappa shape index (κ3) is 2.16. The zero-order chi connectivity index (χ0) is 15.2. The Morgan fingerprint density at radius 3 is 2.77 bits per heavy atom. The van der Waals surface area contributed by atoms with E-state index in [-0.39, 0.29) is 11.5 Å². The summed E-state index contributed by atoms with van der Waals surface area (Å²) in [6, 6.07) is 8.51. The molecule has 116 valence electrons. The molecule has 22 heavy (non-hydrogen) atoms. The molecule has 5 heteroatoms. The lowest BCUT2D eigenvalue weighted by molar-refractivity contribution is 0.0391. The van der Waals surface area contributed by atoms with Crippen LogP contribution < -0.4 is 0 Å². The highest BCUT2D eigenvalue weighted by Crippen LogP contribution is 2.46. The van der Waals surface area contributed by atoms with E-state index in [2.05, 4.69) is 39.4 Å². The highest BCUT2D eigenvalue weighted by atomic mass is 16.4. The molecule has 1 atom stereocenters. The molecular weight excluding hydrogens is 278 g/mol. The summed E-state index contributed by atoms with van der Waals surface area (Å²) in [5.41, 5.74) is 2.62. The van der Waals surface area contributed by atoms with E-state index in [4.69, 9.17) is 4.42 Å². The quantitative estimate of drug-likeness (QED) is 0.916. The van der Waals surface area contributed by atoms with Crippen molar-refractivity contribution in [3.63, 3.8) is 0 Å². The Hall–Kier alpha value is -1.72. The number of aliphatic hydroxyl groups excluding tert-OH is 1. The van der Waals surface area contributed by atoms with Crippen LogP contribution in [0.15, 0.2) is 28.7 Å². The van der Waals surface area contributed by atoms with Gasteiger partial charge in [0.2, 0.25) is 11.8 Å². The molecule has 2 aliphatic rings. The number of likely N-dealkylation sites (tertiary alicyclic amines) is 1. The van der Waals surface area contributed by atoms with Crippen molar-refractivity contribution in [3.8, 4) is 0 Å². The van der Waals surface area contributed by atoms with Crippen LogP contribution >= 0.6 is 0 Å². The van der Waals surface area contributed by atoms with E-state index < -0.39 is 0 Å². The molecule has 1 aromatic heterocycles. The molecule has 0 bridgehead atoms. The standard InChI is InChI=1S/C17H21N3O2/c1-12-18-19-16(22-12)11-20-8-6-17(7-9-20)14-5-3-2-4-13(14)10-15(17)21/h2-5,15,21H,6-11H2,1H3. The normalized spacial score (nSPS) is 23.8. The summed E-state index contributed by atoms with van der Waals surface area (Å²) in [5, 5.41) is 18.6. The summed E-state index contributed by atoms with van der Waals surface area (Å²) in [6.07, 6.45) is 2.51. The van der Waals surface area contributed by atoms with E-state index in [1.807, 2.05) is 6.92 Å². The van der Waals surface area contributed by atoms with Crippen molar-refractivity contribution in [1.29, 1.82) is 0 Å². The number of rotatable bonds is 2. The van der Waals surface area contributed by atoms with Gasteiger partial charge in [0.05, 0.1) is 12.6 Å². The van der Waals surface area contributed by atoms with Gasteiger partial charge in [-0.25, -0.2) is 0 Å². The first-order chi connectivity index (χ1) is 10.7. The van der Waals surface area contributed by atoms with Crippen molar-refractivity contribution in [2.24, 2.45) is 0 Å². The minimum absolute atomic E-state index is 0.0577. The number of hydrogen-bond acceptors (Lipinski definition) is 5. The second kappa shape index (κ2) is 5.18. The fourth-order valence-corrected chi connectivity index (χ4v) is 4.07. The molecule has 0 amide bonds. The maximum Gasteiger partial charge on any atom is 0.230 e. The predicted octanol–water partition coefficient (Wildman–Crippen LogP) is 1.83. The monoisotopic (exact) mass is 299 g/mol. The Bertz CT molecular complexity index is 674. The van der Waals surface area contributed by atoms with Gasteiger partial charge in [-0.05, 0) is 43.5 Å². The van der Waals surface area contributed by atoms with E-state index in [0.29, 0.717) is 18.3 Å². The van der Waals surface area contributed by atoms with E-state index in [0.717, 1.165) is 32.4 Å². The second-order valence-corrected chi connectivity index (χ2v) is 6.52. The van der Waals surface area contributed by atoms with Crippen molar-refractivity contribution in [3.05, 3.63) is 47.2 Å². The molecule has 5 nitrogen and oxygen atoms in total. The van der Waals surface area contributed by atoms with Gasteiger partial charge in [0.1, 0.15) is 0 Å². The van der Waals surface area contributed by atoms with Crippen LogP contribution in [0, 0.1) is 6.92 Å². The SMILES string of the molecule is Cc1nnc(CN2CCC3(CC2)c2ccccc2CC3O)o1. The molecule has 1 saturated heterocycles. The number of benzene rings is 1. The van der Waals surface area contributed by atoms with Gasteiger partial charge in [-0.15, -0.1) is 10.2 Å². The van der Waals surface area contributed by atoms with Crippen molar-refractivity contribution in [2.45, 2.75) is 44.2 Å². The van der Waals surface area contributed by atoms with Crippen LogP contribution in [0.1, 0.15) is 35.7 Å². The molecule has 4 rings (SSSR count). The summed E-state index contributed by atoms with van der Waals surface area (Å²) in [6.45, 7) is 4.42. The predicted molar refractivity (Wildman–Crippen MR) is 81.4 cm³/mol. The van der Waals surface area contributed by atoms with Crippen molar-refractivity contribution < 1.29 is 9.52 Å².